The molecule has 0 saturated carbocycles. The number of aryl methyl sites for hydroxylation is 2. The molecule has 2 nitrogen and oxygen atoms in total. The predicted octanol–water partition coefficient (Wildman–Crippen LogP) is 4.42. The molecule has 0 aromatic heterocycles. The van der Waals surface area contributed by atoms with Gasteiger partial charge >= 0.3 is 0 Å². The Hall–Kier alpha value is -1.48. The maximum absolute atomic E-state index is 6.07. The highest BCUT2D eigenvalue weighted by Gasteiger charge is 2.10. The summed E-state index contributed by atoms with van der Waals surface area (Å²) in [5, 5.41) is 0. The second-order valence-electron chi connectivity index (χ2n) is 4.55. The monoisotopic (exact) mass is 304 g/mol. The molecule has 0 aliphatic carbocycles. The van der Waals surface area contributed by atoms with Crippen LogP contribution in [0.2, 0.25) is 0 Å². The van der Waals surface area contributed by atoms with Gasteiger partial charge in [-0.25, -0.2) is 0 Å². The summed E-state index contributed by atoms with van der Waals surface area (Å²) in [6, 6.07) is 12.4. The molecule has 2 aromatic rings. The lowest BCUT2D eigenvalue weighted by Crippen LogP contribution is -2.12. The lowest BCUT2D eigenvalue weighted by Gasteiger charge is -2.23. The quantitative estimate of drug-likeness (QED) is 0.832. The zero-order valence-corrected chi connectivity index (χ0v) is 12.5. The average molecular weight is 305 g/mol. The van der Waals surface area contributed by atoms with E-state index >= 15 is 0 Å². The van der Waals surface area contributed by atoms with E-state index in [1.165, 1.54) is 16.8 Å². The maximum atomic E-state index is 6.07. The summed E-state index contributed by atoms with van der Waals surface area (Å²) in [5.41, 5.74) is 11.6. The molecule has 0 atom stereocenters. The Balaban J connectivity index is 2.44. The Labute approximate surface area is 117 Å². The molecule has 94 valence electrons. The molecule has 18 heavy (non-hydrogen) atoms. The number of hydrogen-bond donors (Lipinski definition) is 1. The van der Waals surface area contributed by atoms with Gasteiger partial charge in [-0.3, -0.25) is 0 Å². The van der Waals surface area contributed by atoms with Crippen LogP contribution in [0.4, 0.5) is 17.1 Å². The number of benzene rings is 2. The van der Waals surface area contributed by atoms with Crippen molar-refractivity contribution >= 4 is 33.0 Å². The maximum Gasteiger partial charge on any atom is 0.0642 e. The van der Waals surface area contributed by atoms with E-state index in [1.807, 2.05) is 25.2 Å². The van der Waals surface area contributed by atoms with E-state index in [4.69, 9.17) is 5.73 Å². The van der Waals surface area contributed by atoms with Gasteiger partial charge in [-0.1, -0.05) is 33.6 Å². The average Bonchev–Trinajstić information content (AvgIpc) is 2.28. The molecule has 0 fully saturated rings. The molecule has 0 unspecified atom stereocenters. The van der Waals surface area contributed by atoms with E-state index in [-0.39, 0.29) is 0 Å². The lowest BCUT2D eigenvalue weighted by molar-refractivity contribution is 1.18. The highest BCUT2D eigenvalue weighted by molar-refractivity contribution is 9.10. The molecule has 0 bridgehead atoms. The van der Waals surface area contributed by atoms with Crippen LogP contribution in [0.3, 0.4) is 0 Å². The molecule has 2 aromatic carbocycles. The van der Waals surface area contributed by atoms with Gasteiger partial charge < -0.3 is 10.6 Å². The number of halogens is 1. The summed E-state index contributed by atoms with van der Waals surface area (Å²) in [6.07, 6.45) is 0. The van der Waals surface area contributed by atoms with E-state index in [1.54, 1.807) is 0 Å². The summed E-state index contributed by atoms with van der Waals surface area (Å²) in [6.45, 7) is 4.22. The van der Waals surface area contributed by atoms with Crippen molar-refractivity contribution in [3.8, 4) is 0 Å². The number of nitrogen functional groups attached to an aromatic ring is 1. The Morgan fingerprint density at radius 3 is 2.28 bits per heavy atom. The molecular weight excluding hydrogens is 288 g/mol. The van der Waals surface area contributed by atoms with E-state index < -0.39 is 0 Å². The standard InChI is InChI=1S/C15H17BrN2/c1-10-4-6-14(11(2)8-10)18(3)15-7-5-12(16)9-13(15)17/h4-9H,17H2,1-3H3. The third kappa shape index (κ3) is 2.51. The highest BCUT2D eigenvalue weighted by atomic mass is 79.9. The molecule has 0 aliphatic rings. The summed E-state index contributed by atoms with van der Waals surface area (Å²) in [4.78, 5) is 2.12. The number of hydrogen-bond acceptors (Lipinski definition) is 2. The van der Waals surface area contributed by atoms with Gasteiger partial charge in [0.15, 0.2) is 0 Å². The molecule has 0 saturated heterocycles. The second-order valence-corrected chi connectivity index (χ2v) is 5.47. The fourth-order valence-electron chi connectivity index (χ4n) is 2.14. The molecular formula is C15H17BrN2. The molecule has 2 N–H and O–H groups in total. The van der Waals surface area contributed by atoms with E-state index in [0.717, 1.165) is 15.8 Å². The van der Waals surface area contributed by atoms with Gasteiger partial charge in [0.2, 0.25) is 0 Å². The van der Waals surface area contributed by atoms with Crippen LogP contribution in [0, 0.1) is 13.8 Å². The molecule has 0 radical (unpaired) electrons. The SMILES string of the molecule is Cc1ccc(N(C)c2ccc(Br)cc2N)c(C)c1. The fourth-order valence-corrected chi connectivity index (χ4v) is 2.52. The summed E-state index contributed by atoms with van der Waals surface area (Å²) >= 11 is 3.43. The normalized spacial score (nSPS) is 10.4. The Morgan fingerprint density at radius 1 is 1.00 bits per heavy atom. The fraction of sp³-hybridized carbons (Fsp3) is 0.200. The number of anilines is 3. The number of nitrogens with two attached hydrogens (primary N) is 1. The van der Waals surface area contributed by atoms with E-state index in [2.05, 4.69) is 52.9 Å². The Morgan fingerprint density at radius 2 is 1.67 bits per heavy atom. The summed E-state index contributed by atoms with van der Waals surface area (Å²) in [7, 11) is 2.04. The van der Waals surface area contributed by atoms with Crippen LogP contribution in [-0.4, -0.2) is 7.05 Å². The van der Waals surface area contributed by atoms with Crippen molar-refractivity contribution in [2.45, 2.75) is 13.8 Å². The van der Waals surface area contributed by atoms with Gasteiger partial charge in [0.1, 0.15) is 0 Å². The van der Waals surface area contributed by atoms with Crippen LogP contribution in [0.5, 0.6) is 0 Å². The van der Waals surface area contributed by atoms with Crippen LogP contribution in [0.25, 0.3) is 0 Å². The first kappa shape index (κ1) is 13.0. The van der Waals surface area contributed by atoms with Gasteiger partial charge in [-0.05, 0) is 43.7 Å². The molecule has 0 spiro atoms. The topological polar surface area (TPSA) is 29.3 Å². The van der Waals surface area contributed by atoms with Crippen LogP contribution in [0.1, 0.15) is 11.1 Å². The first-order valence-corrected chi connectivity index (χ1v) is 6.64. The first-order valence-electron chi connectivity index (χ1n) is 5.85. The minimum Gasteiger partial charge on any atom is -0.397 e. The van der Waals surface area contributed by atoms with Crippen molar-refractivity contribution in [3.63, 3.8) is 0 Å². The smallest absolute Gasteiger partial charge is 0.0642 e. The largest absolute Gasteiger partial charge is 0.397 e. The molecule has 0 heterocycles. The predicted molar refractivity (Wildman–Crippen MR) is 82.5 cm³/mol. The van der Waals surface area contributed by atoms with E-state index in [0.29, 0.717) is 0 Å². The number of nitrogens with zero attached hydrogens (tertiary/aromatic N) is 1. The molecule has 0 amide bonds. The third-order valence-electron chi connectivity index (χ3n) is 3.06. The van der Waals surface area contributed by atoms with Crippen LogP contribution in [0.15, 0.2) is 40.9 Å². The van der Waals surface area contributed by atoms with Crippen LogP contribution >= 0.6 is 15.9 Å². The van der Waals surface area contributed by atoms with Crippen LogP contribution < -0.4 is 10.6 Å². The zero-order chi connectivity index (χ0) is 13.3. The first-order chi connectivity index (χ1) is 8.49. The zero-order valence-electron chi connectivity index (χ0n) is 10.9. The summed E-state index contributed by atoms with van der Waals surface area (Å²) in [5.74, 6) is 0. The van der Waals surface area contributed by atoms with Crippen molar-refractivity contribution in [2.24, 2.45) is 0 Å². The van der Waals surface area contributed by atoms with Crippen LogP contribution in [-0.2, 0) is 0 Å². The van der Waals surface area contributed by atoms with Crippen molar-refractivity contribution in [3.05, 3.63) is 52.0 Å². The third-order valence-corrected chi connectivity index (χ3v) is 3.56. The lowest BCUT2D eigenvalue weighted by atomic mass is 10.1. The van der Waals surface area contributed by atoms with Gasteiger partial charge in [0.05, 0.1) is 11.4 Å². The highest BCUT2D eigenvalue weighted by Crippen LogP contribution is 2.32. The Kier molecular flexibility index (Phi) is 3.62. The Bertz CT molecular complexity index is 527. The van der Waals surface area contributed by atoms with Gasteiger partial charge in [-0.2, -0.15) is 0 Å². The van der Waals surface area contributed by atoms with Gasteiger partial charge in [0, 0.05) is 17.2 Å². The minimum absolute atomic E-state index is 0.770. The molecule has 0 aliphatic heterocycles. The van der Waals surface area contributed by atoms with Crippen molar-refractivity contribution in [1.82, 2.24) is 0 Å². The minimum atomic E-state index is 0.770. The van der Waals surface area contributed by atoms with Gasteiger partial charge in [-0.15, -0.1) is 0 Å². The van der Waals surface area contributed by atoms with Crippen molar-refractivity contribution in [1.29, 1.82) is 0 Å². The van der Waals surface area contributed by atoms with Gasteiger partial charge in [0.25, 0.3) is 0 Å². The van der Waals surface area contributed by atoms with Crippen molar-refractivity contribution in [2.75, 3.05) is 17.7 Å². The summed E-state index contributed by atoms with van der Waals surface area (Å²) < 4.78 is 0.998. The second kappa shape index (κ2) is 5.02. The molecule has 3 heteroatoms. The van der Waals surface area contributed by atoms with E-state index in [9.17, 15) is 0 Å². The van der Waals surface area contributed by atoms with Crippen molar-refractivity contribution < 1.29 is 0 Å². The molecule has 2 rings (SSSR count). The number of rotatable bonds is 2.